The molecule has 11 heteroatoms. The molecule has 1 aromatic carbocycles. The summed E-state index contributed by atoms with van der Waals surface area (Å²) in [5, 5.41) is 9.74. The van der Waals surface area contributed by atoms with Gasteiger partial charge in [-0.3, -0.25) is 4.79 Å². The molecule has 1 aromatic heterocycles. The van der Waals surface area contributed by atoms with Crippen LogP contribution < -0.4 is 5.32 Å². The van der Waals surface area contributed by atoms with Crippen molar-refractivity contribution in [1.29, 1.82) is 0 Å². The predicted octanol–water partition coefficient (Wildman–Crippen LogP) is 0.667. The summed E-state index contributed by atoms with van der Waals surface area (Å²) in [7, 11) is 2.22. The molecule has 148 valence electrons. The van der Waals surface area contributed by atoms with Crippen molar-refractivity contribution in [3.63, 3.8) is 0 Å². The first-order valence-electron chi connectivity index (χ1n) is 8.09. The number of carbonyl (C=O) groups excluding carboxylic acids is 4. The number of hydrogen-bond donors (Lipinski definition) is 1. The Morgan fingerprint density at radius 1 is 1.04 bits per heavy atom. The molecule has 0 spiro atoms. The van der Waals surface area contributed by atoms with Gasteiger partial charge in [0.2, 0.25) is 11.6 Å². The van der Waals surface area contributed by atoms with Gasteiger partial charge < -0.3 is 19.5 Å². The molecule has 0 saturated heterocycles. The van der Waals surface area contributed by atoms with Gasteiger partial charge in [0, 0.05) is 0 Å². The summed E-state index contributed by atoms with van der Waals surface area (Å²) in [5.74, 6) is -3.03. The van der Waals surface area contributed by atoms with Gasteiger partial charge in [-0.2, -0.15) is 0 Å². The third-order valence-corrected chi connectivity index (χ3v) is 3.48. The lowest BCUT2D eigenvalue weighted by molar-refractivity contribution is -0.116. The number of nitrogens with one attached hydrogen (secondary N) is 1. The molecule has 0 radical (unpaired) electrons. The smallest absolute Gasteiger partial charge is 0.361 e. The Hall–Kier alpha value is -3.76. The van der Waals surface area contributed by atoms with Crippen molar-refractivity contribution < 1.29 is 33.4 Å². The second-order valence-corrected chi connectivity index (χ2v) is 5.24. The Morgan fingerprint density at radius 2 is 1.71 bits per heavy atom. The number of para-hydroxylation sites is 1. The highest BCUT2D eigenvalue weighted by Crippen LogP contribution is 2.17. The van der Waals surface area contributed by atoms with E-state index in [0.717, 1.165) is 18.9 Å². The van der Waals surface area contributed by atoms with E-state index in [9.17, 15) is 19.2 Å². The maximum absolute atomic E-state index is 12.4. The quantitative estimate of drug-likeness (QED) is 0.533. The molecule has 11 nitrogen and oxygen atoms in total. The molecule has 0 aliphatic heterocycles. The van der Waals surface area contributed by atoms with Gasteiger partial charge in [0.05, 0.1) is 32.1 Å². The minimum Gasteiger partial charge on any atom is -0.464 e. The molecule has 0 unspecified atom stereocenters. The fourth-order valence-electron chi connectivity index (χ4n) is 2.26. The van der Waals surface area contributed by atoms with Gasteiger partial charge >= 0.3 is 17.9 Å². The minimum atomic E-state index is -0.912. The fourth-order valence-corrected chi connectivity index (χ4v) is 2.26. The average Bonchev–Trinajstić information content (AvgIpc) is 3.10. The molecule has 1 amide bonds. The van der Waals surface area contributed by atoms with Crippen LogP contribution in [0.2, 0.25) is 0 Å². The van der Waals surface area contributed by atoms with Crippen LogP contribution in [-0.2, 0) is 25.5 Å². The predicted molar refractivity (Wildman–Crippen MR) is 93.7 cm³/mol. The Kier molecular flexibility index (Phi) is 6.79. The zero-order valence-electron chi connectivity index (χ0n) is 15.4. The van der Waals surface area contributed by atoms with E-state index in [1.807, 2.05) is 0 Å². The lowest BCUT2D eigenvalue weighted by atomic mass is 10.2. The molecule has 1 N–H and O–H groups in total. The van der Waals surface area contributed by atoms with Crippen molar-refractivity contribution in [2.24, 2.45) is 0 Å². The highest BCUT2D eigenvalue weighted by molar-refractivity contribution is 6.02. The summed E-state index contributed by atoms with van der Waals surface area (Å²) in [6, 6.07) is 6.27. The summed E-state index contributed by atoms with van der Waals surface area (Å²) in [4.78, 5) is 48.1. The van der Waals surface area contributed by atoms with E-state index in [4.69, 9.17) is 4.74 Å². The molecule has 2 rings (SSSR count). The molecule has 0 aliphatic carbocycles. The molecule has 0 aliphatic rings. The topological polar surface area (TPSA) is 139 Å². The Labute approximate surface area is 159 Å². The van der Waals surface area contributed by atoms with Crippen molar-refractivity contribution in [3.05, 3.63) is 41.2 Å². The molecular formula is C17H18N4O7. The first-order chi connectivity index (χ1) is 13.4. The lowest BCUT2D eigenvalue weighted by Gasteiger charge is -2.11. The number of carbonyl (C=O) groups is 4. The molecule has 0 bridgehead atoms. The summed E-state index contributed by atoms with van der Waals surface area (Å²) < 4.78 is 15.0. The van der Waals surface area contributed by atoms with Crippen LogP contribution in [0.25, 0.3) is 0 Å². The largest absolute Gasteiger partial charge is 0.464 e. The van der Waals surface area contributed by atoms with Gasteiger partial charge in [0.15, 0.2) is 5.69 Å². The van der Waals surface area contributed by atoms with Crippen molar-refractivity contribution >= 4 is 29.5 Å². The molecule has 28 heavy (non-hydrogen) atoms. The third kappa shape index (κ3) is 4.50. The molecular weight excluding hydrogens is 372 g/mol. The second kappa shape index (κ2) is 9.26. The average molecular weight is 390 g/mol. The SMILES string of the molecule is CCOC(=O)c1ccccc1NC(=O)Cn1nnc(C(=O)OC)c1C(=O)OC. The maximum Gasteiger partial charge on any atom is 0.361 e. The number of amides is 1. The van der Waals surface area contributed by atoms with Crippen molar-refractivity contribution in [1.82, 2.24) is 15.0 Å². The van der Waals surface area contributed by atoms with Crippen LogP contribution in [0.1, 0.15) is 38.3 Å². The third-order valence-electron chi connectivity index (χ3n) is 3.48. The number of ether oxygens (including phenoxy) is 3. The zero-order chi connectivity index (χ0) is 20.7. The van der Waals surface area contributed by atoms with Crippen LogP contribution in [0, 0.1) is 0 Å². The second-order valence-electron chi connectivity index (χ2n) is 5.24. The molecule has 0 fully saturated rings. The van der Waals surface area contributed by atoms with Gasteiger partial charge in [-0.05, 0) is 19.1 Å². The van der Waals surface area contributed by atoms with Gasteiger partial charge in [0.25, 0.3) is 0 Å². The Morgan fingerprint density at radius 3 is 2.36 bits per heavy atom. The van der Waals surface area contributed by atoms with Crippen LogP contribution in [0.3, 0.4) is 0 Å². The van der Waals surface area contributed by atoms with E-state index in [-0.39, 0.29) is 29.2 Å². The van der Waals surface area contributed by atoms with Crippen molar-refractivity contribution in [2.45, 2.75) is 13.5 Å². The standard InChI is InChI=1S/C17H18N4O7/c1-4-28-15(23)10-7-5-6-8-11(10)18-12(22)9-21-14(17(25)27-3)13(19-20-21)16(24)26-2/h5-8H,4,9H2,1-3H3,(H,18,22). The van der Waals surface area contributed by atoms with Crippen LogP contribution in [0.5, 0.6) is 0 Å². The summed E-state index contributed by atoms with van der Waals surface area (Å²) in [6.07, 6.45) is 0. The van der Waals surface area contributed by atoms with Crippen LogP contribution in [-0.4, -0.2) is 59.6 Å². The lowest BCUT2D eigenvalue weighted by Crippen LogP contribution is -2.24. The van der Waals surface area contributed by atoms with E-state index >= 15 is 0 Å². The molecule has 2 aromatic rings. The fraction of sp³-hybridized carbons (Fsp3) is 0.294. The first kappa shape index (κ1) is 20.6. The summed E-state index contributed by atoms with van der Waals surface area (Å²) in [6.45, 7) is 1.38. The summed E-state index contributed by atoms with van der Waals surface area (Å²) >= 11 is 0. The van der Waals surface area contributed by atoms with Gasteiger partial charge in [-0.25, -0.2) is 19.1 Å². The highest BCUT2D eigenvalue weighted by Gasteiger charge is 2.28. The van der Waals surface area contributed by atoms with E-state index in [1.165, 1.54) is 12.1 Å². The van der Waals surface area contributed by atoms with E-state index in [1.54, 1.807) is 19.1 Å². The molecule has 0 saturated carbocycles. The number of esters is 3. The monoisotopic (exact) mass is 390 g/mol. The van der Waals surface area contributed by atoms with Gasteiger partial charge in [-0.1, -0.05) is 17.3 Å². The van der Waals surface area contributed by atoms with Gasteiger partial charge in [0.1, 0.15) is 6.54 Å². The maximum atomic E-state index is 12.4. The number of methoxy groups -OCH3 is 2. The molecule has 1 heterocycles. The minimum absolute atomic E-state index is 0.166. The van der Waals surface area contributed by atoms with E-state index in [0.29, 0.717) is 0 Å². The number of nitrogens with zero attached hydrogens (tertiary/aromatic N) is 3. The van der Waals surface area contributed by atoms with Crippen molar-refractivity contribution in [3.8, 4) is 0 Å². The van der Waals surface area contributed by atoms with Crippen molar-refractivity contribution in [2.75, 3.05) is 26.1 Å². The normalized spacial score (nSPS) is 10.1. The number of rotatable bonds is 7. The first-order valence-corrected chi connectivity index (χ1v) is 8.09. The highest BCUT2D eigenvalue weighted by atomic mass is 16.5. The number of aromatic nitrogens is 3. The summed E-state index contributed by atoms with van der Waals surface area (Å²) in [5.41, 5.74) is -0.323. The van der Waals surface area contributed by atoms with E-state index in [2.05, 4.69) is 25.1 Å². The van der Waals surface area contributed by atoms with Crippen LogP contribution >= 0.6 is 0 Å². The van der Waals surface area contributed by atoms with Gasteiger partial charge in [-0.15, -0.1) is 5.10 Å². The zero-order valence-corrected chi connectivity index (χ0v) is 15.4. The Bertz CT molecular complexity index is 907. The number of anilines is 1. The molecule has 0 atom stereocenters. The van der Waals surface area contributed by atoms with Crippen LogP contribution in [0.4, 0.5) is 5.69 Å². The van der Waals surface area contributed by atoms with E-state index < -0.39 is 30.4 Å². The van der Waals surface area contributed by atoms with Crippen LogP contribution in [0.15, 0.2) is 24.3 Å². The number of benzene rings is 1. The number of hydrogen-bond acceptors (Lipinski definition) is 9. The Balaban J connectivity index is 2.25.